The minimum absolute atomic E-state index is 0.0319. The summed E-state index contributed by atoms with van der Waals surface area (Å²) in [5.74, 6) is -7.99. The summed E-state index contributed by atoms with van der Waals surface area (Å²) in [6, 6.07) is 27.8. The normalized spacial score (nSPS) is 11.5. The van der Waals surface area contributed by atoms with E-state index in [4.69, 9.17) is 54.1 Å². The number of carbonyl (C=O) groups is 3. The van der Waals surface area contributed by atoms with Gasteiger partial charge in [-0.25, -0.2) is 40.7 Å². The predicted octanol–water partition coefficient (Wildman–Crippen LogP) is 19.1. The lowest BCUT2D eigenvalue weighted by Gasteiger charge is -2.16. The van der Waals surface area contributed by atoms with Crippen LogP contribution >= 0.6 is 86.9 Å². The second-order valence-electron chi connectivity index (χ2n) is 20.9. The number of halogens is 10. The van der Waals surface area contributed by atoms with Gasteiger partial charge in [0.15, 0.2) is 34.9 Å². The van der Waals surface area contributed by atoms with Crippen LogP contribution < -0.4 is 0 Å². The van der Waals surface area contributed by atoms with Gasteiger partial charge < -0.3 is 38.5 Å². The number of carboxylic acids is 2. The van der Waals surface area contributed by atoms with Crippen LogP contribution in [0.15, 0.2) is 138 Å². The smallest absolute Gasteiger partial charge is 0.354 e. The summed E-state index contributed by atoms with van der Waals surface area (Å²) >= 11 is 28.1. The zero-order valence-electron chi connectivity index (χ0n) is 45.9. The van der Waals surface area contributed by atoms with Crippen molar-refractivity contribution >= 4 is 154 Å². The van der Waals surface area contributed by atoms with E-state index in [1.807, 2.05) is 10.6 Å². The summed E-state index contributed by atoms with van der Waals surface area (Å²) in [5.41, 5.74) is 2.58. The molecule has 11 nitrogen and oxygen atoms in total. The number of methoxy groups -OCH3 is 1. The predicted molar refractivity (Wildman–Crippen MR) is 333 cm³/mol. The Hall–Kier alpha value is -5.32. The molecule has 3 aromatic heterocycles. The summed E-state index contributed by atoms with van der Waals surface area (Å²) in [6.45, 7) is 15.2. The number of benzene rings is 6. The highest BCUT2D eigenvalue weighted by molar-refractivity contribution is 9.10. The average molecular weight is 1370 g/mol. The van der Waals surface area contributed by atoms with Gasteiger partial charge in [-0.1, -0.05) is 114 Å². The Morgan fingerprint density at radius 3 is 1.49 bits per heavy atom. The first kappa shape index (κ1) is 67.8. The van der Waals surface area contributed by atoms with Crippen molar-refractivity contribution in [1.82, 2.24) is 14.1 Å². The second-order valence-corrected chi connectivity index (χ2v) is 37.0. The van der Waals surface area contributed by atoms with Gasteiger partial charge in [-0.2, -0.15) is 0 Å². The lowest BCUT2D eigenvalue weighted by atomic mass is 10.2. The maximum absolute atomic E-state index is 13.6. The number of nitrogens with one attached hydrogen (secondary N) is 1. The minimum atomic E-state index is -1.27. The molecular formula is C58H55BrCl3F6N3O8S3Si2. The number of fused-ring (bicyclic) bond motifs is 3. The van der Waals surface area contributed by atoms with E-state index in [-0.39, 0.29) is 18.1 Å². The number of nitrogens with zero attached hydrogens (tertiary/aromatic N) is 2. The van der Waals surface area contributed by atoms with Crippen molar-refractivity contribution in [2.75, 3.05) is 20.3 Å². The number of ether oxygens (including phenoxy) is 3. The standard InChI is InChI=1S/C21H22ClF2NO3SSi.C16H21BrClNO3Si.C15H8ClF2NO2S.C6H4F2S/c1-30(2,3)7-6-28-12-25-18-8-13(22)9-20(15(18)11-19(25)21(26)27)29-14-4-5-16(23)17(24)10-14;1-21-16(20)15-9-12-13(17)7-11(18)8-14(12)19(15)10-22-5-6-23(2,3)4;16-7-3-12-9(6-13(19-12)15(20)21)14(4-7)22-8-1-2-10(17)11(18)5-8;7-5-2-1-4(9)3-6(5)8/h4-5,8-11H,6-7,12H2,1-3H3,(H,26,27);7-9H,5-6,10H2,1-4H3;1-6,19H,(H,20,21);1-3,9H. The van der Waals surface area contributed by atoms with E-state index < -0.39 is 69.0 Å². The first-order valence-corrected chi connectivity index (χ1v) is 36.6. The number of aromatic nitrogens is 3. The molecule has 3 heterocycles. The number of carboxylic acid groups (broad SMARTS) is 2. The Morgan fingerprint density at radius 2 is 1.02 bits per heavy atom. The first-order chi connectivity index (χ1) is 39.4. The van der Waals surface area contributed by atoms with Gasteiger partial charge >= 0.3 is 17.9 Å². The highest BCUT2D eigenvalue weighted by atomic mass is 79.9. The van der Waals surface area contributed by atoms with Crippen LogP contribution in [-0.2, 0) is 27.7 Å². The molecule has 0 fully saturated rings. The monoisotopic (exact) mass is 1370 g/mol. The van der Waals surface area contributed by atoms with E-state index in [2.05, 4.69) is 72.8 Å². The largest absolute Gasteiger partial charge is 0.477 e. The number of thiol groups is 1. The zero-order chi connectivity index (χ0) is 62.0. The van der Waals surface area contributed by atoms with E-state index >= 15 is 0 Å². The third-order valence-corrected chi connectivity index (χ3v) is 19.1. The van der Waals surface area contributed by atoms with Crippen LogP contribution in [-0.4, -0.2) is 78.7 Å². The molecule has 0 unspecified atom stereocenters. The number of hydrogen-bond acceptors (Lipinski definition) is 9. The van der Waals surface area contributed by atoms with Crippen molar-refractivity contribution < 1.29 is 65.1 Å². The summed E-state index contributed by atoms with van der Waals surface area (Å²) in [4.78, 5) is 40.4. The Morgan fingerprint density at radius 1 is 0.571 bits per heavy atom. The number of aromatic amines is 1. The molecule has 0 amide bonds. The first-order valence-electron chi connectivity index (χ1n) is 25.2. The molecule has 0 aliphatic heterocycles. The average Bonchev–Trinajstić information content (AvgIpc) is 2.10. The van der Waals surface area contributed by atoms with Crippen molar-refractivity contribution in [2.24, 2.45) is 0 Å². The summed E-state index contributed by atoms with van der Waals surface area (Å²) in [5, 5.41) is 22.3. The highest BCUT2D eigenvalue weighted by Gasteiger charge is 2.22. The summed E-state index contributed by atoms with van der Waals surface area (Å²) < 4.78 is 98.0. The number of rotatable bonds is 17. The molecule has 3 N–H and O–H groups in total. The van der Waals surface area contributed by atoms with Gasteiger partial charge in [0.2, 0.25) is 0 Å². The molecule has 0 radical (unpaired) electrons. The van der Waals surface area contributed by atoms with Crippen LogP contribution in [0, 0.1) is 34.9 Å². The summed E-state index contributed by atoms with van der Waals surface area (Å²) in [7, 11) is -1.04. The van der Waals surface area contributed by atoms with Crippen molar-refractivity contribution in [3.8, 4) is 0 Å². The zero-order valence-corrected chi connectivity index (χ0v) is 54.3. The number of hydrogen-bond donors (Lipinski definition) is 4. The maximum Gasteiger partial charge on any atom is 0.354 e. The van der Waals surface area contributed by atoms with E-state index in [1.54, 1.807) is 47.0 Å². The van der Waals surface area contributed by atoms with Crippen molar-refractivity contribution in [2.45, 2.75) is 89.3 Å². The fourth-order valence-corrected chi connectivity index (χ4v) is 12.8. The molecule has 0 atom stereocenters. The molecule has 446 valence electrons. The molecule has 9 rings (SSSR count). The third kappa shape index (κ3) is 19.1. The van der Waals surface area contributed by atoms with Crippen molar-refractivity contribution in [3.05, 3.63) is 181 Å². The molecule has 0 spiro atoms. The van der Waals surface area contributed by atoms with E-state index in [1.165, 1.54) is 54.9 Å². The highest BCUT2D eigenvalue weighted by Crippen LogP contribution is 2.40. The van der Waals surface area contributed by atoms with Crippen LogP contribution in [0.3, 0.4) is 0 Å². The molecule has 26 heteroatoms. The molecule has 0 bridgehead atoms. The van der Waals surface area contributed by atoms with E-state index in [0.717, 1.165) is 63.9 Å². The van der Waals surface area contributed by atoms with Crippen molar-refractivity contribution in [1.29, 1.82) is 0 Å². The lowest BCUT2D eigenvalue weighted by Crippen LogP contribution is -2.22. The van der Waals surface area contributed by atoms with Gasteiger partial charge in [0.05, 0.1) is 18.1 Å². The van der Waals surface area contributed by atoms with Gasteiger partial charge in [-0.3, -0.25) is 0 Å². The van der Waals surface area contributed by atoms with E-state index in [9.17, 15) is 45.8 Å². The SMILES string of the molecule is COC(=O)c1cc2c(Br)cc(Cl)cc2n1COCC[Si](C)(C)C.C[Si](C)(C)CCOCn1c(C(=O)O)cc2c(Sc3ccc(F)c(F)c3)cc(Cl)cc21.Fc1ccc(S)cc1F.O=C(O)c1cc2c(Sc3ccc(F)c(F)c3)cc(Cl)cc2[nH]1. The van der Waals surface area contributed by atoms with Gasteiger partial charge in [-0.15, -0.1) is 12.6 Å². The maximum atomic E-state index is 13.6. The fraction of sp³-hybridized carbons (Fsp3) is 0.224. The molecular weight excluding hydrogens is 1320 g/mol. The van der Waals surface area contributed by atoms with Crippen LogP contribution in [0.1, 0.15) is 31.5 Å². The molecule has 0 aliphatic carbocycles. The van der Waals surface area contributed by atoms with Gasteiger partial charge in [-0.05, 0) is 121 Å². The molecule has 0 aliphatic rings. The fourth-order valence-electron chi connectivity index (χ4n) is 7.65. The van der Waals surface area contributed by atoms with Crippen LogP contribution in [0.4, 0.5) is 26.3 Å². The minimum Gasteiger partial charge on any atom is -0.477 e. The Kier molecular flexibility index (Phi) is 24.1. The Labute approximate surface area is 519 Å². The topological polar surface area (TPSA) is 145 Å². The quantitative estimate of drug-likeness (QED) is 0.0229. The molecule has 84 heavy (non-hydrogen) atoms. The number of aromatic carboxylic acids is 2. The summed E-state index contributed by atoms with van der Waals surface area (Å²) in [6.07, 6.45) is 0. The molecule has 0 saturated carbocycles. The van der Waals surface area contributed by atoms with Crippen LogP contribution in [0.2, 0.25) is 66.4 Å². The van der Waals surface area contributed by atoms with Crippen LogP contribution in [0.25, 0.3) is 32.7 Å². The second kappa shape index (κ2) is 29.9. The van der Waals surface area contributed by atoms with Gasteiger partial charge in [0, 0.05) is 95.1 Å². The Bertz CT molecular complexity index is 3880. The number of carbonyl (C=O) groups excluding carboxylic acids is 1. The molecule has 9 aromatic rings. The van der Waals surface area contributed by atoms with E-state index in [0.29, 0.717) is 87.0 Å². The Balaban J connectivity index is 0.000000190. The number of esters is 1. The lowest BCUT2D eigenvalue weighted by molar-refractivity contribution is 0.0545. The van der Waals surface area contributed by atoms with Gasteiger partial charge in [0.1, 0.15) is 30.5 Å². The number of H-pyrrole nitrogens is 1. The van der Waals surface area contributed by atoms with Crippen LogP contribution in [0.5, 0.6) is 0 Å². The van der Waals surface area contributed by atoms with Crippen molar-refractivity contribution in [3.63, 3.8) is 0 Å². The van der Waals surface area contributed by atoms with Gasteiger partial charge in [0.25, 0.3) is 0 Å². The molecule has 0 saturated heterocycles. The molecule has 6 aromatic carbocycles. The third-order valence-electron chi connectivity index (χ3n) is 12.0.